The van der Waals surface area contributed by atoms with Crippen molar-refractivity contribution in [2.24, 2.45) is 0 Å². The van der Waals surface area contributed by atoms with Gasteiger partial charge in [-0.3, -0.25) is 4.79 Å². The van der Waals surface area contributed by atoms with E-state index in [1.165, 1.54) is 50.5 Å². The predicted octanol–water partition coefficient (Wildman–Crippen LogP) is 5.77. The van der Waals surface area contributed by atoms with E-state index < -0.39 is 0 Å². The number of rotatable bonds is 10. The Balaban J connectivity index is 2.13. The fourth-order valence-electron chi connectivity index (χ4n) is 2.50. The standard InChI is InChI=1S/C19H31NO/c1-4-5-6-7-8-9-10-11-12-19(21)20-18-15-16(2)13-14-17(18)3/h13-15H,4-12H2,1-3H3,(H,20,21). The molecular weight excluding hydrogens is 258 g/mol. The Labute approximate surface area is 130 Å². The molecule has 0 bridgehead atoms. The number of benzene rings is 1. The van der Waals surface area contributed by atoms with E-state index in [1.807, 2.05) is 19.9 Å². The molecule has 1 N–H and O–H groups in total. The van der Waals surface area contributed by atoms with Crippen LogP contribution in [0.2, 0.25) is 0 Å². The molecule has 1 rings (SSSR count). The highest BCUT2D eigenvalue weighted by molar-refractivity contribution is 5.91. The van der Waals surface area contributed by atoms with E-state index in [1.54, 1.807) is 0 Å². The normalized spacial score (nSPS) is 10.6. The Morgan fingerprint density at radius 3 is 2.24 bits per heavy atom. The van der Waals surface area contributed by atoms with Gasteiger partial charge in [-0.1, -0.05) is 64.0 Å². The van der Waals surface area contributed by atoms with Crippen LogP contribution in [0.5, 0.6) is 0 Å². The molecule has 0 aliphatic rings. The lowest BCUT2D eigenvalue weighted by atomic mass is 10.1. The van der Waals surface area contributed by atoms with E-state index in [0.717, 1.165) is 17.7 Å². The highest BCUT2D eigenvalue weighted by atomic mass is 16.1. The van der Waals surface area contributed by atoms with Crippen molar-refractivity contribution < 1.29 is 4.79 Å². The first-order chi connectivity index (χ1) is 10.1. The van der Waals surface area contributed by atoms with E-state index in [9.17, 15) is 4.79 Å². The van der Waals surface area contributed by atoms with Gasteiger partial charge in [-0.05, 0) is 37.5 Å². The summed E-state index contributed by atoms with van der Waals surface area (Å²) < 4.78 is 0. The van der Waals surface area contributed by atoms with E-state index in [4.69, 9.17) is 0 Å². The molecule has 0 aliphatic carbocycles. The van der Waals surface area contributed by atoms with Gasteiger partial charge in [-0.25, -0.2) is 0 Å². The summed E-state index contributed by atoms with van der Waals surface area (Å²) in [5.41, 5.74) is 3.27. The van der Waals surface area contributed by atoms with Crippen LogP contribution in [-0.2, 0) is 4.79 Å². The molecule has 0 saturated heterocycles. The minimum Gasteiger partial charge on any atom is -0.326 e. The number of aryl methyl sites for hydroxylation is 2. The monoisotopic (exact) mass is 289 g/mol. The first-order valence-electron chi connectivity index (χ1n) is 8.50. The first-order valence-corrected chi connectivity index (χ1v) is 8.50. The summed E-state index contributed by atoms with van der Waals surface area (Å²) in [4.78, 5) is 11.9. The predicted molar refractivity (Wildman–Crippen MR) is 91.8 cm³/mol. The number of carbonyl (C=O) groups excluding carboxylic acids is 1. The lowest BCUT2D eigenvalue weighted by molar-refractivity contribution is -0.116. The van der Waals surface area contributed by atoms with E-state index in [-0.39, 0.29) is 5.91 Å². The van der Waals surface area contributed by atoms with Crippen molar-refractivity contribution in [3.8, 4) is 0 Å². The van der Waals surface area contributed by atoms with Gasteiger partial charge >= 0.3 is 0 Å². The van der Waals surface area contributed by atoms with Crippen LogP contribution in [0.25, 0.3) is 0 Å². The maximum atomic E-state index is 11.9. The van der Waals surface area contributed by atoms with Crippen molar-refractivity contribution in [2.75, 3.05) is 5.32 Å². The second kappa shape index (κ2) is 10.4. The summed E-state index contributed by atoms with van der Waals surface area (Å²) in [6, 6.07) is 6.17. The topological polar surface area (TPSA) is 29.1 Å². The van der Waals surface area contributed by atoms with Gasteiger partial charge in [-0.2, -0.15) is 0 Å². The number of hydrogen-bond acceptors (Lipinski definition) is 1. The van der Waals surface area contributed by atoms with Crippen molar-refractivity contribution in [3.63, 3.8) is 0 Å². The van der Waals surface area contributed by atoms with Crippen LogP contribution in [0.15, 0.2) is 18.2 Å². The van der Waals surface area contributed by atoms with Crippen molar-refractivity contribution in [3.05, 3.63) is 29.3 Å². The van der Waals surface area contributed by atoms with Gasteiger partial charge in [0.15, 0.2) is 0 Å². The summed E-state index contributed by atoms with van der Waals surface area (Å²) >= 11 is 0. The summed E-state index contributed by atoms with van der Waals surface area (Å²) in [5.74, 6) is 0.148. The minimum absolute atomic E-state index is 0.148. The maximum Gasteiger partial charge on any atom is 0.224 e. The van der Waals surface area contributed by atoms with Gasteiger partial charge in [0.1, 0.15) is 0 Å². The van der Waals surface area contributed by atoms with Gasteiger partial charge in [0.05, 0.1) is 0 Å². The molecular formula is C19H31NO. The van der Waals surface area contributed by atoms with Crippen LogP contribution in [-0.4, -0.2) is 5.91 Å². The van der Waals surface area contributed by atoms with Gasteiger partial charge in [0, 0.05) is 12.1 Å². The van der Waals surface area contributed by atoms with E-state index in [2.05, 4.69) is 24.4 Å². The van der Waals surface area contributed by atoms with Crippen molar-refractivity contribution >= 4 is 11.6 Å². The largest absolute Gasteiger partial charge is 0.326 e. The van der Waals surface area contributed by atoms with Gasteiger partial charge < -0.3 is 5.32 Å². The third kappa shape index (κ3) is 7.89. The Morgan fingerprint density at radius 1 is 0.952 bits per heavy atom. The van der Waals surface area contributed by atoms with E-state index >= 15 is 0 Å². The summed E-state index contributed by atoms with van der Waals surface area (Å²) in [6.07, 6.45) is 10.8. The van der Waals surface area contributed by atoms with E-state index in [0.29, 0.717) is 6.42 Å². The number of unbranched alkanes of at least 4 members (excludes halogenated alkanes) is 7. The second-order valence-corrected chi connectivity index (χ2v) is 6.09. The molecule has 1 amide bonds. The average Bonchev–Trinajstić information content (AvgIpc) is 2.46. The van der Waals surface area contributed by atoms with Crippen LogP contribution >= 0.6 is 0 Å². The molecule has 0 aromatic heterocycles. The Kier molecular flexibility index (Phi) is 8.80. The molecule has 0 unspecified atom stereocenters. The SMILES string of the molecule is CCCCCCCCCCC(=O)Nc1cc(C)ccc1C. The van der Waals surface area contributed by atoms with Crippen LogP contribution < -0.4 is 5.32 Å². The zero-order valence-electron chi connectivity index (χ0n) is 14.0. The molecule has 0 spiro atoms. The molecule has 0 aliphatic heterocycles. The van der Waals surface area contributed by atoms with Crippen LogP contribution in [0.1, 0.15) is 75.8 Å². The fourth-order valence-corrected chi connectivity index (χ4v) is 2.50. The maximum absolute atomic E-state index is 11.9. The lowest BCUT2D eigenvalue weighted by Crippen LogP contribution is -2.12. The molecule has 1 aromatic rings. The third-order valence-corrected chi connectivity index (χ3v) is 3.92. The third-order valence-electron chi connectivity index (χ3n) is 3.92. The lowest BCUT2D eigenvalue weighted by Gasteiger charge is -2.09. The highest BCUT2D eigenvalue weighted by Crippen LogP contribution is 2.17. The van der Waals surface area contributed by atoms with Gasteiger partial charge in [-0.15, -0.1) is 0 Å². The molecule has 0 fully saturated rings. The molecule has 118 valence electrons. The summed E-state index contributed by atoms with van der Waals surface area (Å²) in [6.45, 7) is 6.33. The Morgan fingerprint density at radius 2 is 1.57 bits per heavy atom. The Bertz CT molecular complexity index is 426. The van der Waals surface area contributed by atoms with Gasteiger partial charge in [0.25, 0.3) is 0 Å². The van der Waals surface area contributed by atoms with Crippen LogP contribution in [0.4, 0.5) is 5.69 Å². The van der Waals surface area contributed by atoms with Crippen LogP contribution in [0, 0.1) is 13.8 Å². The first kappa shape index (κ1) is 17.7. The molecule has 0 radical (unpaired) electrons. The van der Waals surface area contributed by atoms with Gasteiger partial charge in [0.2, 0.25) is 5.91 Å². The number of carbonyl (C=O) groups is 1. The molecule has 1 aromatic carbocycles. The smallest absolute Gasteiger partial charge is 0.224 e. The Hall–Kier alpha value is -1.31. The summed E-state index contributed by atoms with van der Waals surface area (Å²) in [7, 11) is 0. The molecule has 0 saturated carbocycles. The number of hydrogen-bond donors (Lipinski definition) is 1. The second-order valence-electron chi connectivity index (χ2n) is 6.09. The molecule has 2 heteroatoms. The zero-order chi connectivity index (χ0) is 15.5. The molecule has 21 heavy (non-hydrogen) atoms. The zero-order valence-corrected chi connectivity index (χ0v) is 14.0. The molecule has 0 atom stereocenters. The van der Waals surface area contributed by atoms with Crippen LogP contribution in [0.3, 0.4) is 0 Å². The molecule has 0 heterocycles. The number of anilines is 1. The minimum atomic E-state index is 0.148. The summed E-state index contributed by atoms with van der Waals surface area (Å²) in [5, 5.41) is 3.03. The van der Waals surface area contributed by atoms with Crippen molar-refractivity contribution in [1.82, 2.24) is 0 Å². The number of amides is 1. The fraction of sp³-hybridized carbons (Fsp3) is 0.632. The quantitative estimate of drug-likeness (QED) is 0.544. The average molecular weight is 289 g/mol. The molecule has 2 nitrogen and oxygen atoms in total. The van der Waals surface area contributed by atoms with Crippen molar-refractivity contribution in [1.29, 1.82) is 0 Å². The van der Waals surface area contributed by atoms with Crippen molar-refractivity contribution in [2.45, 2.75) is 78.6 Å². The number of nitrogens with one attached hydrogen (secondary N) is 1. The highest BCUT2D eigenvalue weighted by Gasteiger charge is 2.04.